The molecule has 1 amide bonds. The van der Waals surface area contributed by atoms with Crippen molar-refractivity contribution in [1.29, 1.82) is 0 Å². The van der Waals surface area contributed by atoms with E-state index >= 15 is 0 Å². The Morgan fingerprint density at radius 2 is 1.60 bits per heavy atom. The molecule has 0 radical (unpaired) electrons. The van der Waals surface area contributed by atoms with Gasteiger partial charge in [0.05, 0.1) is 0 Å². The molecule has 30 heavy (non-hydrogen) atoms. The van der Waals surface area contributed by atoms with E-state index in [2.05, 4.69) is 34.3 Å². The van der Waals surface area contributed by atoms with Crippen LogP contribution in [0.15, 0.2) is 54.6 Å². The smallest absolute Gasteiger partial charge is 0.254 e. The SMILES string of the molecule is Cc1ccc(Nc2nc(C)cc(N3CCN(C(=O)c4ccccc4C)CC3)n2)cc1. The normalized spacial score (nSPS) is 14.0. The van der Waals surface area contributed by atoms with Gasteiger partial charge in [-0.3, -0.25) is 4.79 Å². The molecule has 154 valence electrons. The first-order valence-electron chi connectivity index (χ1n) is 10.3. The lowest BCUT2D eigenvalue weighted by atomic mass is 10.1. The zero-order valence-corrected chi connectivity index (χ0v) is 17.7. The average molecular weight is 402 g/mol. The van der Waals surface area contributed by atoms with E-state index in [4.69, 9.17) is 4.98 Å². The topological polar surface area (TPSA) is 61.4 Å². The fourth-order valence-electron chi connectivity index (χ4n) is 3.66. The van der Waals surface area contributed by atoms with Crippen LogP contribution in [0.1, 0.15) is 27.2 Å². The van der Waals surface area contributed by atoms with E-state index < -0.39 is 0 Å². The van der Waals surface area contributed by atoms with Crippen molar-refractivity contribution in [2.75, 3.05) is 36.4 Å². The van der Waals surface area contributed by atoms with Crippen LogP contribution in [-0.4, -0.2) is 47.0 Å². The van der Waals surface area contributed by atoms with Crippen molar-refractivity contribution in [2.45, 2.75) is 20.8 Å². The maximum absolute atomic E-state index is 12.9. The number of amides is 1. The lowest BCUT2D eigenvalue weighted by Gasteiger charge is -2.35. The number of piperazine rings is 1. The van der Waals surface area contributed by atoms with Gasteiger partial charge in [0.1, 0.15) is 5.82 Å². The summed E-state index contributed by atoms with van der Waals surface area (Å²) in [6, 6.07) is 17.9. The van der Waals surface area contributed by atoms with Crippen LogP contribution in [0.2, 0.25) is 0 Å². The molecule has 1 aliphatic heterocycles. The molecule has 0 unspecified atom stereocenters. The van der Waals surface area contributed by atoms with Crippen molar-refractivity contribution in [3.8, 4) is 0 Å². The number of benzene rings is 2. The molecule has 1 N–H and O–H groups in total. The highest BCUT2D eigenvalue weighted by atomic mass is 16.2. The Labute approximate surface area is 177 Å². The Hall–Kier alpha value is -3.41. The summed E-state index contributed by atoms with van der Waals surface area (Å²) in [6.45, 7) is 8.87. The molecular weight excluding hydrogens is 374 g/mol. The monoisotopic (exact) mass is 401 g/mol. The van der Waals surface area contributed by atoms with E-state index in [1.165, 1.54) is 5.56 Å². The van der Waals surface area contributed by atoms with Crippen LogP contribution in [0.25, 0.3) is 0 Å². The second-order valence-corrected chi connectivity index (χ2v) is 7.78. The lowest BCUT2D eigenvalue weighted by Crippen LogP contribution is -2.49. The van der Waals surface area contributed by atoms with Crippen LogP contribution in [0.3, 0.4) is 0 Å². The van der Waals surface area contributed by atoms with Crippen LogP contribution < -0.4 is 10.2 Å². The minimum atomic E-state index is 0.105. The molecule has 6 nitrogen and oxygen atoms in total. The quantitative estimate of drug-likeness (QED) is 0.713. The Morgan fingerprint density at radius 1 is 0.900 bits per heavy atom. The number of anilines is 3. The summed E-state index contributed by atoms with van der Waals surface area (Å²) in [5.74, 6) is 1.58. The Balaban J connectivity index is 1.44. The summed E-state index contributed by atoms with van der Waals surface area (Å²) in [4.78, 5) is 26.3. The molecule has 4 rings (SSSR count). The number of carbonyl (C=O) groups excluding carboxylic acids is 1. The molecule has 0 saturated carbocycles. The number of nitrogens with zero attached hydrogens (tertiary/aromatic N) is 4. The van der Waals surface area contributed by atoms with Crippen LogP contribution in [-0.2, 0) is 0 Å². The predicted molar refractivity (Wildman–Crippen MR) is 121 cm³/mol. The summed E-state index contributed by atoms with van der Waals surface area (Å²) < 4.78 is 0. The summed E-state index contributed by atoms with van der Waals surface area (Å²) in [6.07, 6.45) is 0. The molecule has 1 aromatic heterocycles. The maximum atomic E-state index is 12.9. The molecule has 1 aliphatic rings. The van der Waals surface area contributed by atoms with E-state index in [1.54, 1.807) is 0 Å². The minimum Gasteiger partial charge on any atom is -0.353 e. The summed E-state index contributed by atoms with van der Waals surface area (Å²) in [5, 5.41) is 3.29. The second-order valence-electron chi connectivity index (χ2n) is 7.78. The molecule has 0 bridgehead atoms. The highest BCUT2D eigenvalue weighted by Gasteiger charge is 2.24. The van der Waals surface area contributed by atoms with E-state index in [9.17, 15) is 4.79 Å². The van der Waals surface area contributed by atoms with Crippen molar-refractivity contribution < 1.29 is 4.79 Å². The van der Waals surface area contributed by atoms with E-state index in [0.717, 1.165) is 41.4 Å². The number of carbonyl (C=O) groups is 1. The van der Waals surface area contributed by atoms with Crippen molar-refractivity contribution in [1.82, 2.24) is 14.9 Å². The molecule has 6 heteroatoms. The van der Waals surface area contributed by atoms with E-state index in [1.807, 2.05) is 61.2 Å². The highest BCUT2D eigenvalue weighted by Crippen LogP contribution is 2.21. The fourth-order valence-corrected chi connectivity index (χ4v) is 3.66. The molecule has 2 heterocycles. The van der Waals surface area contributed by atoms with Gasteiger partial charge in [-0.25, -0.2) is 4.98 Å². The molecule has 1 fully saturated rings. The second kappa shape index (κ2) is 8.53. The molecule has 2 aromatic carbocycles. The van der Waals surface area contributed by atoms with Gasteiger partial charge in [-0.1, -0.05) is 35.9 Å². The zero-order valence-electron chi connectivity index (χ0n) is 17.7. The van der Waals surface area contributed by atoms with Crippen LogP contribution >= 0.6 is 0 Å². The summed E-state index contributed by atoms with van der Waals surface area (Å²) >= 11 is 0. The number of hydrogen-bond acceptors (Lipinski definition) is 5. The van der Waals surface area contributed by atoms with Gasteiger partial charge in [-0.2, -0.15) is 4.98 Å². The predicted octanol–water partition coefficient (Wildman–Crippen LogP) is 4.11. The van der Waals surface area contributed by atoms with Gasteiger partial charge in [-0.05, 0) is 44.5 Å². The summed E-state index contributed by atoms with van der Waals surface area (Å²) in [7, 11) is 0. The minimum absolute atomic E-state index is 0.105. The van der Waals surface area contributed by atoms with Gasteiger partial charge >= 0.3 is 0 Å². The number of hydrogen-bond donors (Lipinski definition) is 1. The standard InChI is InChI=1S/C24H27N5O/c1-17-8-10-20(11-9-17)26-24-25-19(3)16-22(27-24)28-12-14-29(15-13-28)23(30)21-7-5-4-6-18(21)2/h4-11,16H,12-15H2,1-3H3,(H,25,26,27). The largest absolute Gasteiger partial charge is 0.353 e. The van der Waals surface area contributed by atoms with Crippen LogP contribution in [0, 0.1) is 20.8 Å². The molecule has 0 atom stereocenters. The first kappa shape index (κ1) is 19.9. The number of nitrogens with one attached hydrogen (secondary N) is 1. The van der Waals surface area contributed by atoms with Crippen molar-refractivity contribution in [2.24, 2.45) is 0 Å². The number of aryl methyl sites for hydroxylation is 3. The van der Waals surface area contributed by atoms with Crippen LogP contribution in [0.4, 0.5) is 17.5 Å². The van der Waals surface area contributed by atoms with Gasteiger partial charge in [0.2, 0.25) is 5.95 Å². The van der Waals surface area contributed by atoms with Gasteiger partial charge < -0.3 is 15.1 Å². The van der Waals surface area contributed by atoms with Gasteiger partial charge in [0.25, 0.3) is 5.91 Å². The fraction of sp³-hybridized carbons (Fsp3) is 0.292. The Kier molecular flexibility index (Phi) is 5.65. The van der Waals surface area contributed by atoms with Crippen LogP contribution in [0.5, 0.6) is 0 Å². The third-order valence-electron chi connectivity index (χ3n) is 5.41. The van der Waals surface area contributed by atoms with Gasteiger partial charge in [-0.15, -0.1) is 0 Å². The Bertz CT molecular complexity index is 1040. The van der Waals surface area contributed by atoms with E-state index in [-0.39, 0.29) is 5.91 Å². The molecule has 0 spiro atoms. The highest BCUT2D eigenvalue weighted by molar-refractivity contribution is 5.95. The van der Waals surface area contributed by atoms with Crippen molar-refractivity contribution in [3.05, 3.63) is 77.0 Å². The molecule has 1 saturated heterocycles. The lowest BCUT2D eigenvalue weighted by molar-refractivity contribution is 0.0746. The molecular formula is C24H27N5O. The number of aromatic nitrogens is 2. The van der Waals surface area contributed by atoms with Gasteiger partial charge in [0.15, 0.2) is 0 Å². The van der Waals surface area contributed by atoms with Crippen molar-refractivity contribution in [3.63, 3.8) is 0 Å². The maximum Gasteiger partial charge on any atom is 0.254 e. The first-order valence-corrected chi connectivity index (χ1v) is 10.3. The average Bonchev–Trinajstić information content (AvgIpc) is 2.75. The molecule has 3 aromatic rings. The summed E-state index contributed by atoms with van der Waals surface area (Å²) in [5.41, 5.74) is 4.89. The van der Waals surface area contributed by atoms with E-state index in [0.29, 0.717) is 19.0 Å². The number of rotatable bonds is 4. The Morgan fingerprint density at radius 3 is 2.30 bits per heavy atom. The van der Waals surface area contributed by atoms with Crippen molar-refractivity contribution >= 4 is 23.4 Å². The first-order chi connectivity index (χ1) is 14.5. The van der Waals surface area contributed by atoms with Gasteiger partial charge in [0, 0.05) is 49.2 Å². The third-order valence-corrected chi connectivity index (χ3v) is 5.41. The molecule has 0 aliphatic carbocycles. The zero-order chi connectivity index (χ0) is 21.1. The third kappa shape index (κ3) is 4.43.